The first kappa shape index (κ1) is 10.3. The van der Waals surface area contributed by atoms with Gasteiger partial charge in [-0.05, 0) is 17.7 Å². The topological polar surface area (TPSA) is 58.6 Å². The van der Waals surface area contributed by atoms with Crippen LogP contribution >= 0.6 is 15.9 Å². The molecule has 0 radical (unpaired) electrons. The Morgan fingerprint density at radius 2 is 2.40 bits per heavy atom. The number of nitrogens with one attached hydrogen (secondary N) is 1. The lowest BCUT2D eigenvalue weighted by Crippen LogP contribution is -2.26. The van der Waals surface area contributed by atoms with E-state index >= 15 is 0 Å². The first-order valence-electron chi connectivity index (χ1n) is 4.48. The van der Waals surface area contributed by atoms with Gasteiger partial charge in [-0.2, -0.15) is 0 Å². The van der Waals surface area contributed by atoms with E-state index in [0.29, 0.717) is 12.2 Å². The maximum Gasteiger partial charge on any atom is 0.326 e. The van der Waals surface area contributed by atoms with E-state index in [9.17, 15) is 4.79 Å². The summed E-state index contributed by atoms with van der Waals surface area (Å²) in [4.78, 5) is 10.9. The molecule has 0 aliphatic carbocycles. The molecule has 1 unspecified atom stereocenters. The lowest BCUT2D eigenvalue weighted by atomic mass is 10.1. The summed E-state index contributed by atoms with van der Waals surface area (Å²) in [6, 6.07) is 3.11. The van der Waals surface area contributed by atoms with E-state index in [1.807, 2.05) is 6.07 Å². The van der Waals surface area contributed by atoms with Crippen molar-refractivity contribution in [3.63, 3.8) is 0 Å². The number of halogens is 1. The van der Waals surface area contributed by atoms with Crippen LogP contribution in [-0.2, 0) is 11.2 Å². The van der Waals surface area contributed by atoms with Crippen molar-refractivity contribution in [3.8, 4) is 5.75 Å². The average Bonchev–Trinajstić information content (AvgIpc) is 2.64. The van der Waals surface area contributed by atoms with Gasteiger partial charge in [0.15, 0.2) is 0 Å². The third kappa shape index (κ3) is 1.67. The summed E-state index contributed by atoms with van der Waals surface area (Å²) < 4.78 is 6.08. The van der Waals surface area contributed by atoms with Gasteiger partial charge in [0.2, 0.25) is 0 Å². The molecule has 1 aromatic carbocycles. The Hall–Kier alpha value is -1.23. The number of hydrogen-bond acceptors (Lipinski definition) is 3. The fourth-order valence-corrected chi connectivity index (χ4v) is 2.20. The van der Waals surface area contributed by atoms with Crippen LogP contribution in [0.15, 0.2) is 16.6 Å². The van der Waals surface area contributed by atoms with Crippen LogP contribution in [0, 0.1) is 0 Å². The van der Waals surface area contributed by atoms with E-state index in [1.165, 1.54) is 0 Å². The zero-order valence-electron chi connectivity index (χ0n) is 8.08. The number of aliphatic carboxylic acids is 1. The molecule has 2 rings (SSSR count). The normalized spacial score (nSPS) is 18.1. The van der Waals surface area contributed by atoms with Gasteiger partial charge >= 0.3 is 5.97 Å². The highest BCUT2D eigenvalue weighted by Crippen LogP contribution is 2.39. The maximum absolute atomic E-state index is 10.9. The molecular formula is C10H10BrNO3. The van der Waals surface area contributed by atoms with Crippen molar-refractivity contribution in [2.75, 3.05) is 12.4 Å². The Kier molecular flexibility index (Phi) is 2.56. The standard InChI is InChI=1S/C10H10BrNO3/c1-15-8-3-2-6(11)5-4-7(10(13)14)12-9(5)8/h2-3,7,12H,4H2,1H3,(H,13,14). The third-order valence-corrected chi connectivity index (χ3v) is 3.21. The molecule has 5 heteroatoms. The van der Waals surface area contributed by atoms with Crippen molar-refractivity contribution in [1.29, 1.82) is 0 Å². The number of ether oxygens (including phenoxy) is 1. The molecule has 1 aromatic rings. The summed E-state index contributed by atoms with van der Waals surface area (Å²) >= 11 is 3.40. The first-order chi connectivity index (χ1) is 7.13. The lowest BCUT2D eigenvalue weighted by molar-refractivity contribution is -0.137. The SMILES string of the molecule is COc1ccc(Br)c2c1NC(C(=O)O)C2. The smallest absolute Gasteiger partial charge is 0.326 e. The van der Waals surface area contributed by atoms with E-state index in [2.05, 4.69) is 21.2 Å². The van der Waals surface area contributed by atoms with Crippen LogP contribution < -0.4 is 10.1 Å². The molecule has 0 saturated carbocycles. The summed E-state index contributed by atoms with van der Waals surface area (Å²) in [5.41, 5.74) is 1.74. The molecule has 0 saturated heterocycles. The summed E-state index contributed by atoms with van der Waals surface area (Å²) in [5, 5.41) is 11.9. The molecule has 0 amide bonds. The van der Waals surface area contributed by atoms with Crippen LogP contribution in [0.2, 0.25) is 0 Å². The molecule has 1 aliphatic rings. The number of rotatable bonds is 2. The van der Waals surface area contributed by atoms with Crippen molar-refractivity contribution in [2.24, 2.45) is 0 Å². The largest absolute Gasteiger partial charge is 0.495 e. The molecule has 1 heterocycles. The lowest BCUT2D eigenvalue weighted by Gasteiger charge is -2.09. The minimum atomic E-state index is -0.847. The van der Waals surface area contributed by atoms with Gasteiger partial charge < -0.3 is 15.2 Å². The van der Waals surface area contributed by atoms with E-state index < -0.39 is 12.0 Å². The highest BCUT2D eigenvalue weighted by atomic mass is 79.9. The van der Waals surface area contributed by atoms with Crippen molar-refractivity contribution >= 4 is 27.6 Å². The second-order valence-corrected chi connectivity index (χ2v) is 4.20. The number of carbonyl (C=O) groups is 1. The first-order valence-corrected chi connectivity index (χ1v) is 5.27. The molecule has 0 bridgehead atoms. The van der Waals surface area contributed by atoms with Crippen molar-refractivity contribution in [3.05, 3.63) is 22.2 Å². The van der Waals surface area contributed by atoms with Crippen LogP contribution in [0.3, 0.4) is 0 Å². The van der Waals surface area contributed by atoms with Crippen LogP contribution in [0.1, 0.15) is 5.56 Å². The Labute approximate surface area is 95.4 Å². The molecule has 2 N–H and O–H groups in total. The van der Waals surface area contributed by atoms with Crippen LogP contribution in [-0.4, -0.2) is 24.2 Å². The fourth-order valence-electron chi connectivity index (χ4n) is 1.71. The van der Waals surface area contributed by atoms with E-state index in [1.54, 1.807) is 13.2 Å². The molecule has 1 atom stereocenters. The molecule has 0 aromatic heterocycles. The van der Waals surface area contributed by atoms with Gasteiger partial charge in [0.1, 0.15) is 11.8 Å². The van der Waals surface area contributed by atoms with Crippen molar-refractivity contribution in [1.82, 2.24) is 0 Å². The second kappa shape index (κ2) is 3.73. The molecular weight excluding hydrogens is 262 g/mol. The average molecular weight is 272 g/mol. The van der Waals surface area contributed by atoms with Gasteiger partial charge in [0.25, 0.3) is 0 Å². The second-order valence-electron chi connectivity index (χ2n) is 3.34. The highest BCUT2D eigenvalue weighted by molar-refractivity contribution is 9.10. The van der Waals surface area contributed by atoms with Crippen LogP contribution in [0.4, 0.5) is 5.69 Å². The quantitative estimate of drug-likeness (QED) is 0.863. The number of carboxylic acid groups (broad SMARTS) is 1. The number of methoxy groups -OCH3 is 1. The molecule has 0 fully saturated rings. The minimum Gasteiger partial charge on any atom is -0.495 e. The predicted octanol–water partition coefficient (Wildman–Crippen LogP) is 1.88. The van der Waals surface area contributed by atoms with Crippen LogP contribution in [0.5, 0.6) is 5.75 Å². The third-order valence-electron chi connectivity index (χ3n) is 2.46. The predicted molar refractivity (Wildman–Crippen MR) is 59.4 cm³/mol. The Morgan fingerprint density at radius 1 is 1.67 bits per heavy atom. The zero-order chi connectivity index (χ0) is 11.0. The van der Waals surface area contributed by atoms with Gasteiger partial charge in [-0.3, -0.25) is 0 Å². The van der Waals surface area contributed by atoms with Gasteiger partial charge in [-0.1, -0.05) is 15.9 Å². The van der Waals surface area contributed by atoms with Crippen molar-refractivity contribution < 1.29 is 14.6 Å². The van der Waals surface area contributed by atoms with Crippen LogP contribution in [0.25, 0.3) is 0 Å². The number of benzene rings is 1. The molecule has 0 spiro atoms. The van der Waals surface area contributed by atoms with E-state index in [0.717, 1.165) is 15.7 Å². The number of hydrogen-bond donors (Lipinski definition) is 2. The monoisotopic (exact) mass is 271 g/mol. The van der Waals surface area contributed by atoms with Gasteiger partial charge in [0, 0.05) is 10.9 Å². The zero-order valence-corrected chi connectivity index (χ0v) is 9.67. The molecule has 1 aliphatic heterocycles. The fraction of sp³-hybridized carbons (Fsp3) is 0.300. The Balaban J connectivity index is 2.43. The highest BCUT2D eigenvalue weighted by Gasteiger charge is 2.30. The Bertz CT molecular complexity index is 419. The summed E-state index contributed by atoms with van der Waals surface area (Å²) in [6.07, 6.45) is 0.475. The summed E-state index contributed by atoms with van der Waals surface area (Å²) in [5.74, 6) is -0.169. The van der Waals surface area contributed by atoms with Gasteiger partial charge in [-0.15, -0.1) is 0 Å². The van der Waals surface area contributed by atoms with Gasteiger partial charge in [0.05, 0.1) is 12.8 Å². The van der Waals surface area contributed by atoms with E-state index in [4.69, 9.17) is 9.84 Å². The van der Waals surface area contributed by atoms with E-state index in [-0.39, 0.29) is 0 Å². The molecule has 4 nitrogen and oxygen atoms in total. The minimum absolute atomic E-state index is 0.475. The molecule has 15 heavy (non-hydrogen) atoms. The summed E-state index contributed by atoms with van der Waals surface area (Å²) in [6.45, 7) is 0. The number of anilines is 1. The summed E-state index contributed by atoms with van der Waals surface area (Å²) in [7, 11) is 1.57. The number of fused-ring (bicyclic) bond motifs is 1. The van der Waals surface area contributed by atoms with Crippen molar-refractivity contribution in [2.45, 2.75) is 12.5 Å². The maximum atomic E-state index is 10.9. The Morgan fingerprint density at radius 3 is 3.00 bits per heavy atom. The van der Waals surface area contributed by atoms with Gasteiger partial charge in [-0.25, -0.2) is 4.79 Å². The number of carboxylic acids is 1. The molecule has 80 valence electrons.